The van der Waals surface area contributed by atoms with Crippen LogP contribution < -0.4 is 4.90 Å². The van der Waals surface area contributed by atoms with Gasteiger partial charge in [0.2, 0.25) is 0 Å². The largest absolute Gasteiger partial charge is 0.308 e. The van der Waals surface area contributed by atoms with Crippen molar-refractivity contribution in [1.29, 1.82) is 0 Å². The number of amides is 1. The molecule has 3 aromatic carbocycles. The maximum Gasteiger partial charge on any atom is 0.258 e. The molecule has 3 nitrogen and oxygen atoms in total. The van der Waals surface area contributed by atoms with Gasteiger partial charge in [-0.1, -0.05) is 54.6 Å². The lowest BCUT2D eigenvalue weighted by Gasteiger charge is -2.18. The summed E-state index contributed by atoms with van der Waals surface area (Å²) >= 11 is 0. The highest BCUT2D eigenvalue weighted by atomic mass is 16.2. The van der Waals surface area contributed by atoms with Crippen molar-refractivity contribution < 1.29 is 9.59 Å². The Morgan fingerprint density at radius 1 is 0.880 bits per heavy atom. The van der Waals surface area contributed by atoms with Crippen LogP contribution in [0.1, 0.15) is 26.3 Å². The molecule has 0 bridgehead atoms. The quantitative estimate of drug-likeness (QED) is 0.670. The predicted molar refractivity (Wildman–Crippen MR) is 99.1 cm³/mol. The summed E-state index contributed by atoms with van der Waals surface area (Å²) in [6.45, 7) is 0.674. The average Bonchev–Trinajstić information content (AvgIpc) is 3.12. The van der Waals surface area contributed by atoms with Crippen LogP contribution in [0.15, 0.2) is 72.8 Å². The van der Waals surface area contributed by atoms with Gasteiger partial charge >= 0.3 is 0 Å². The molecule has 0 radical (unpaired) electrons. The SMILES string of the molecule is O=Cc1ccc(C(=O)N2CCc3c(-c4ccccc4)cccc32)cc1. The molecule has 0 spiro atoms. The van der Waals surface area contributed by atoms with Gasteiger partial charge in [0.05, 0.1) is 0 Å². The number of nitrogens with zero attached hydrogens (tertiary/aromatic N) is 1. The smallest absolute Gasteiger partial charge is 0.258 e. The molecule has 3 aromatic rings. The van der Waals surface area contributed by atoms with Crippen LogP contribution in [0.3, 0.4) is 0 Å². The Morgan fingerprint density at radius 2 is 1.64 bits per heavy atom. The monoisotopic (exact) mass is 327 g/mol. The summed E-state index contributed by atoms with van der Waals surface area (Å²) in [5.41, 5.74) is 5.72. The van der Waals surface area contributed by atoms with E-state index in [2.05, 4.69) is 18.2 Å². The van der Waals surface area contributed by atoms with Crippen molar-refractivity contribution in [2.75, 3.05) is 11.4 Å². The minimum atomic E-state index is -0.0265. The van der Waals surface area contributed by atoms with E-state index in [-0.39, 0.29) is 5.91 Å². The first-order valence-corrected chi connectivity index (χ1v) is 8.32. The number of carbonyl (C=O) groups is 2. The maximum absolute atomic E-state index is 12.9. The van der Waals surface area contributed by atoms with Crippen LogP contribution in [0.4, 0.5) is 5.69 Å². The Kier molecular flexibility index (Phi) is 3.90. The molecule has 3 heteroatoms. The van der Waals surface area contributed by atoms with E-state index < -0.39 is 0 Å². The van der Waals surface area contributed by atoms with E-state index in [1.807, 2.05) is 35.2 Å². The molecule has 0 unspecified atom stereocenters. The summed E-state index contributed by atoms with van der Waals surface area (Å²) in [6.07, 6.45) is 1.63. The lowest BCUT2D eigenvalue weighted by Crippen LogP contribution is -2.28. The van der Waals surface area contributed by atoms with Gasteiger partial charge in [0.25, 0.3) is 5.91 Å². The highest BCUT2D eigenvalue weighted by Gasteiger charge is 2.27. The van der Waals surface area contributed by atoms with Gasteiger partial charge in [-0.15, -0.1) is 0 Å². The van der Waals surface area contributed by atoms with Gasteiger partial charge in [0.1, 0.15) is 6.29 Å². The number of fused-ring (bicyclic) bond motifs is 1. The summed E-state index contributed by atoms with van der Waals surface area (Å²) in [5, 5.41) is 0. The standard InChI is InChI=1S/C22H17NO2/c24-15-16-9-11-18(12-10-16)22(25)23-14-13-20-19(7-4-8-21(20)23)17-5-2-1-3-6-17/h1-12,15H,13-14H2. The molecule has 25 heavy (non-hydrogen) atoms. The minimum Gasteiger partial charge on any atom is -0.308 e. The van der Waals surface area contributed by atoms with Crippen LogP contribution in [-0.2, 0) is 6.42 Å². The fraction of sp³-hybridized carbons (Fsp3) is 0.0909. The van der Waals surface area contributed by atoms with Gasteiger partial charge in [0, 0.05) is 23.4 Å². The second kappa shape index (κ2) is 6.36. The zero-order valence-corrected chi connectivity index (χ0v) is 13.7. The number of benzene rings is 3. The van der Waals surface area contributed by atoms with Crippen molar-refractivity contribution in [3.63, 3.8) is 0 Å². The molecular formula is C22H17NO2. The zero-order valence-electron chi connectivity index (χ0n) is 13.7. The topological polar surface area (TPSA) is 37.4 Å². The summed E-state index contributed by atoms with van der Waals surface area (Å²) in [4.78, 5) is 25.5. The van der Waals surface area contributed by atoms with Gasteiger partial charge < -0.3 is 4.90 Å². The van der Waals surface area contributed by atoms with Crippen LogP contribution in [0.5, 0.6) is 0 Å². The molecule has 0 atom stereocenters. The van der Waals surface area contributed by atoms with Crippen LogP contribution in [-0.4, -0.2) is 18.7 Å². The van der Waals surface area contributed by atoms with Gasteiger partial charge in [0.15, 0.2) is 0 Å². The Bertz CT molecular complexity index is 930. The minimum absolute atomic E-state index is 0.0265. The van der Waals surface area contributed by atoms with Crippen LogP contribution in [0.2, 0.25) is 0 Å². The highest BCUT2D eigenvalue weighted by Crippen LogP contribution is 2.36. The lowest BCUT2D eigenvalue weighted by atomic mass is 9.98. The fourth-order valence-corrected chi connectivity index (χ4v) is 3.39. The second-order valence-electron chi connectivity index (χ2n) is 6.12. The second-order valence-corrected chi connectivity index (χ2v) is 6.12. The molecular weight excluding hydrogens is 310 g/mol. The Morgan fingerprint density at radius 3 is 2.36 bits per heavy atom. The van der Waals surface area contributed by atoms with Crippen molar-refractivity contribution in [2.45, 2.75) is 6.42 Å². The van der Waals surface area contributed by atoms with Crippen molar-refractivity contribution in [2.24, 2.45) is 0 Å². The first kappa shape index (κ1) is 15.3. The van der Waals surface area contributed by atoms with E-state index in [1.54, 1.807) is 24.3 Å². The molecule has 0 N–H and O–H groups in total. The molecule has 1 aliphatic rings. The molecule has 1 aliphatic heterocycles. The summed E-state index contributed by atoms with van der Waals surface area (Å²) in [5.74, 6) is -0.0265. The Hall–Kier alpha value is -3.20. The van der Waals surface area contributed by atoms with E-state index in [0.29, 0.717) is 17.7 Å². The maximum atomic E-state index is 12.9. The number of rotatable bonds is 3. The third-order valence-corrected chi connectivity index (χ3v) is 4.65. The third kappa shape index (κ3) is 2.74. The molecule has 0 saturated carbocycles. The number of hydrogen-bond acceptors (Lipinski definition) is 2. The molecule has 0 fully saturated rings. The Labute approximate surface area is 146 Å². The first-order valence-electron chi connectivity index (χ1n) is 8.32. The van der Waals surface area contributed by atoms with E-state index in [0.717, 1.165) is 18.4 Å². The van der Waals surface area contributed by atoms with Gasteiger partial charge in [-0.3, -0.25) is 9.59 Å². The van der Waals surface area contributed by atoms with Crippen molar-refractivity contribution in [3.8, 4) is 11.1 Å². The number of aldehydes is 1. The van der Waals surface area contributed by atoms with Gasteiger partial charge in [-0.05, 0) is 41.3 Å². The highest BCUT2D eigenvalue weighted by molar-refractivity contribution is 6.08. The molecule has 0 aliphatic carbocycles. The predicted octanol–water partition coefficient (Wildman–Crippen LogP) is 4.37. The molecule has 0 aromatic heterocycles. The number of anilines is 1. The Balaban J connectivity index is 1.70. The van der Waals surface area contributed by atoms with E-state index in [1.165, 1.54) is 16.7 Å². The van der Waals surface area contributed by atoms with E-state index in [4.69, 9.17) is 0 Å². The third-order valence-electron chi connectivity index (χ3n) is 4.65. The van der Waals surface area contributed by atoms with Crippen molar-refractivity contribution >= 4 is 17.9 Å². The van der Waals surface area contributed by atoms with Crippen LogP contribution in [0.25, 0.3) is 11.1 Å². The average molecular weight is 327 g/mol. The van der Waals surface area contributed by atoms with Crippen molar-refractivity contribution in [1.82, 2.24) is 0 Å². The molecule has 1 heterocycles. The molecule has 0 saturated heterocycles. The molecule has 4 rings (SSSR count). The molecule has 1 amide bonds. The van der Waals surface area contributed by atoms with Gasteiger partial charge in [-0.2, -0.15) is 0 Å². The number of carbonyl (C=O) groups excluding carboxylic acids is 2. The number of hydrogen-bond donors (Lipinski definition) is 0. The normalized spacial score (nSPS) is 12.7. The first-order chi connectivity index (χ1) is 12.3. The zero-order chi connectivity index (χ0) is 17.2. The van der Waals surface area contributed by atoms with Crippen molar-refractivity contribution in [3.05, 3.63) is 89.5 Å². The van der Waals surface area contributed by atoms with Crippen LogP contribution >= 0.6 is 0 Å². The lowest BCUT2D eigenvalue weighted by molar-refractivity contribution is 0.0988. The fourth-order valence-electron chi connectivity index (χ4n) is 3.39. The summed E-state index contributed by atoms with van der Waals surface area (Å²) in [6, 6.07) is 23.2. The summed E-state index contributed by atoms with van der Waals surface area (Å²) < 4.78 is 0. The molecule has 122 valence electrons. The van der Waals surface area contributed by atoms with Crippen LogP contribution in [0, 0.1) is 0 Å². The van der Waals surface area contributed by atoms with E-state index >= 15 is 0 Å². The van der Waals surface area contributed by atoms with E-state index in [9.17, 15) is 9.59 Å². The summed E-state index contributed by atoms with van der Waals surface area (Å²) in [7, 11) is 0. The van der Waals surface area contributed by atoms with Gasteiger partial charge in [-0.25, -0.2) is 0 Å².